The van der Waals surface area contributed by atoms with Crippen molar-refractivity contribution in [2.24, 2.45) is 5.92 Å². The average Bonchev–Trinajstić information content (AvgIpc) is 3.05. The van der Waals surface area contributed by atoms with Gasteiger partial charge in [0.2, 0.25) is 0 Å². The number of hydrogen-bond acceptors (Lipinski definition) is 6. The van der Waals surface area contributed by atoms with E-state index in [1.54, 1.807) is 13.0 Å². The topological polar surface area (TPSA) is 116 Å². The highest BCUT2D eigenvalue weighted by molar-refractivity contribution is 5.97. The zero-order valence-corrected chi connectivity index (χ0v) is 15.2. The fraction of sp³-hybridized carbons (Fsp3) is 0.389. The van der Waals surface area contributed by atoms with Crippen molar-refractivity contribution in [1.82, 2.24) is 19.2 Å². The number of carbonyl (C=O) groups is 2. The predicted octanol–water partition coefficient (Wildman–Crippen LogP) is 1.89. The number of carboxylic acid groups (broad SMARTS) is 1. The van der Waals surface area contributed by atoms with Gasteiger partial charge in [0.1, 0.15) is 11.6 Å². The lowest BCUT2D eigenvalue weighted by Crippen LogP contribution is -2.30. The van der Waals surface area contributed by atoms with Crippen LogP contribution in [0.25, 0.3) is 16.6 Å². The fourth-order valence-electron chi connectivity index (χ4n) is 3.01. The molecule has 1 atom stereocenters. The van der Waals surface area contributed by atoms with Gasteiger partial charge in [-0.25, -0.2) is 19.1 Å². The average molecular weight is 372 g/mol. The normalized spacial score (nSPS) is 12.6. The summed E-state index contributed by atoms with van der Waals surface area (Å²) in [6.07, 6.45) is 4.44. The van der Waals surface area contributed by atoms with E-state index in [2.05, 4.69) is 10.1 Å². The van der Waals surface area contributed by atoms with Crippen molar-refractivity contribution >= 4 is 28.5 Å². The second kappa shape index (κ2) is 7.18. The van der Waals surface area contributed by atoms with Crippen LogP contribution in [0.5, 0.6) is 0 Å². The molecule has 0 saturated heterocycles. The highest BCUT2D eigenvalue weighted by Gasteiger charge is 2.24. The highest BCUT2D eigenvalue weighted by Crippen LogP contribution is 2.20. The van der Waals surface area contributed by atoms with Gasteiger partial charge < -0.3 is 14.4 Å². The Hall–Kier alpha value is -3.23. The number of esters is 1. The molecular formula is C18H20N4O5. The lowest BCUT2D eigenvalue weighted by atomic mass is 10.0. The number of ether oxygens (including phenoxy) is 1. The van der Waals surface area contributed by atoms with Crippen LogP contribution in [0.1, 0.15) is 43.6 Å². The van der Waals surface area contributed by atoms with Gasteiger partial charge in [-0.2, -0.15) is 5.10 Å². The summed E-state index contributed by atoms with van der Waals surface area (Å²) in [5, 5.41) is 13.9. The van der Waals surface area contributed by atoms with Crippen LogP contribution in [0.15, 0.2) is 29.5 Å². The van der Waals surface area contributed by atoms with Gasteiger partial charge in [0, 0.05) is 12.4 Å². The molecule has 0 radical (unpaired) electrons. The minimum atomic E-state index is -1.07. The minimum absolute atomic E-state index is 0.104. The number of pyridine rings is 1. The van der Waals surface area contributed by atoms with Gasteiger partial charge in [0.15, 0.2) is 5.65 Å². The van der Waals surface area contributed by atoms with Crippen molar-refractivity contribution in [2.75, 3.05) is 6.61 Å². The second-order valence-electron chi connectivity index (χ2n) is 6.58. The molecule has 9 nitrogen and oxygen atoms in total. The van der Waals surface area contributed by atoms with E-state index in [9.17, 15) is 19.5 Å². The largest absolute Gasteiger partial charge is 0.480 e. The summed E-state index contributed by atoms with van der Waals surface area (Å²) in [6.45, 7) is 5.72. The van der Waals surface area contributed by atoms with Crippen molar-refractivity contribution < 1.29 is 19.4 Å². The van der Waals surface area contributed by atoms with Crippen molar-refractivity contribution in [1.29, 1.82) is 0 Å². The van der Waals surface area contributed by atoms with Gasteiger partial charge in [0.25, 0.3) is 5.56 Å². The van der Waals surface area contributed by atoms with E-state index >= 15 is 0 Å². The van der Waals surface area contributed by atoms with Gasteiger partial charge in [-0.3, -0.25) is 4.79 Å². The van der Waals surface area contributed by atoms with Crippen molar-refractivity contribution in [2.45, 2.75) is 33.2 Å². The Balaban J connectivity index is 2.17. The molecule has 0 saturated carbocycles. The van der Waals surface area contributed by atoms with E-state index in [0.717, 1.165) is 0 Å². The van der Waals surface area contributed by atoms with Crippen LogP contribution in [0.4, 0.5) is 0 Å². The molecule has 0 bridgehead atoms. The van der Waals surface area contributed by atoms with Gasteiger partial charge in [-0.1, -0.05) is 13.8 Å². The van der Waals surface area contributed by atoms with Gasteiger partial charge in [-0.05, 0) is 25.3 Å². The SMILES string of the molecule is CCOC(=O)c1cnn2c1ncc1c(=O)n(C(CC(C)C)C(=O)O)ccc12. The lowest BCUT2D eigenvalue weighted by Gasteiger charge is -2.18. The summed E-state index contributed by atoms with van der Waals surface area (Å²) in [5.41, 5.74) is 0.440. The number of hydrogen-bond donors (Lipinski definition) is 1. The van der Waals surface area contributed by atoms with Crippen molar-refractivity contribution in [3.63, 3.8) is 0 Å². The molecule has 3 heterocycles. The summed E-state index contributed by atoms with van der Waals surface area (Å²) in [6, 6.07) is 0.634. The fourth-order valence-corrected chi connectivity index (χ4v) is 3.01. The van der Waals surface area contributed by atoms with E-state index in [1.807, 2.05) is 13.8 Å². The first-order valence-corrected chi connectivity index (χ1v) is 8.62. The highest BCUT2D eigenvalue weighted by atomic mass is 16.5. The third-order valence-corrected chi connectivity index (χ3v) is 4.23. The van der Waals surface area contributed by atoms with Crippen LogP contribution >= 0.6 is 0 Å². The molecule has 0 spiro atoms. The molecule has 1 unspecified atom stereocenters. The molecule has 3 rings (SSSR count). The smallest absolute Gasteiger partial charge is 0.343 e. The molecular weight excluding hydrogens is 352 g/mol. The van der Waals surface area contributed by atoms with Crippen LogP contribution in [0, 0.1) is 5.92 Å². The van der Waals surface area contributed by atoms with Crippen LogP contribution in [-0.4, -0.2) is 42.8 Å². The standard InChI is InChI=1S/C18H20N4O5/c1-4-27-18(26)12-9-20-22-13-5-6-21(14(17(24)25)7-10(2)3)16(23)11(13)8-19-15(12)22/h5-6,8-10,14H,4,7H2,1-3H3,(H,24,25). The molecule has 0 aromatic carbocycles. The summed E-state index contributed by atoms with van der Waals surface area (Å²) in [5.74, 6) is -1.51. The molecule has 0 aliphatic heterocycles. The maximum absolute atomic E-state index is 12.9. The Morgan fingerprint density at radius 1 is 1.30 bits per heavy atom. The Labute approximate surface area is 154 Å². The van der Waals surface area contributed by atoms with Gasteiger partial charge >= 0.3 is 11.9 Å². The van der Waals surface area contributed by atoms with E-state index < -0.39 is 23.5 Å². The van der Waals surface area contributed by atoms with Crippen LogP contribution in [-0.2, 0) is 9.53 Å². The molecule has 142 valence electrons. The summed E-state index contributed by atoms with van der Waals surface area (Å²) >= 11 is 0. The molecule has 0 fully saturated rings. The third kappa shape index (κ3) is 3.27. The number of aliphatic carboxylic acids is 1. The summed E-state index contributed by atoms with van der Waals surface area (Å²) in [7, 11) is 0. The zero-order chi connectivity index (χ0) is 19.7. The molecule has 0 aliphatic rings. The molecule has 1 N–H and O–H groups in total. The molecule has 27 heavy (non-hydrogen) atoms. The Bertz CT molecular complexity index is 1080. The number of carboxylic acids is 1. The number of aromatic nitrogens is 4. The molecule has 3 aromatic rings. The van der Waals surface area contributed by atoms with Gasteiger partial charge in [0.05, 0.1) is 23.7 Å². The van der Waals surface area contributed by atoms with Crippen molar-refractivity contribution in [3.05, 3.63) is 40.6 Å². The summed E-state index contributed by atoms with van der Waals surface area (Å²) in [4.78, 5) is 40.7. The molecule has 0 amide bonds. The number of carbonyl (C=O) groups excluding carboxylic acids is 1. The van der Waals surface area contributed by atoms with Crippen LogP contribution in [0.3, 0.4) is 0 Å². The first-order valence-electron chi connectivity index (χ1n) is 8.62. The lowest BCUT2D eigenvalue weighted by molar-refractivity contribution is -0.141. The first-order chi connectivity index (χ1) is 12.8. The minimum Gasteiger partial charge on any atom is -0.480 e. The van der Waals surface area contributed by atoms with Crippen LogP contribution in [0.2, 0.25) is 0 Å². The van der Waals surface area contributed by atoms with E-state index in [1.165, 1.54) is 27.7 Å². The summed E-state index contributed by atoms with van der Waals surface area (Å²) < 4.78 is 7.56. The van der Waals surface area contributed by atoms with E-state index in [4.69, 9.17) is 4.74 Å². The molecule has 0 aliphatic carbocycles. The van der Waals surface area contributed by atoms with Crippen LogP contribution < -0.4 is 5.56 Å². The number of rotatable bonds is 6. The molecule has 9 heteroatoms. The third-order valence-electron chi connectivity index (χ3n) is 4.23. The molecule has 3 aromatic heterocycles. The maximum Gasteiger partial charge on any atom is 0.343 e. The predicted molar refractivity (Wildman–Crippen MR) is 96.8 cm³/mol. The first kappa shape index (κ1) is 18.6. The van der Waals surface area contributed by atoms with E-state index in [-0.39, 0.29) is 29.1 Å². The van der Waals surface area contributed by atoms with Crippen molar-refractivity contribution in [3.8, 4) is 0 Å². The Morgan fingerprint density at radius 3 is 2.67 bits per heavy atom. The Morgan fingerprint density at radius 2 is 2.04 bits per heavy atom. The Kier molecular flexibility index (Phi) is 4.93. The quantitative estimate of drug-likeness (QED) is 0.657. The van der Waals surface area contributed by atoms with E-state index in [0.29, 0.717) is 11.9 Å². The second-order valence-corrected chi connectivity index (χ2v) is 6.58. The monoisotopic (exact) mass is 372 g/mol. The number of fused-ring (bicyclic) bond motifs is 3. The maximum atomic E-state index is 12.9. The number of nitrogens with zero attached hydrogens (tertiary/aromatic N) is 4. The van der Waals surface area contributed by atoms with Gasteiger partial charge in [-0.15, -0.1) is 0 Å². The zero-order valence-electron chi connectivity index (χ0n) is 15.2.